The van der Waals surface area contributed by atoms with Crippen LogP contribution in [0, 0.1) is 12.7 Å². The van der Waals surface area contributed by atoms with Gasteiger partial charge in [0.25, 0.3) is 0 Å². The second-order valence-corrected chi connectivity index (χ2v) is 8.48. The summed E-state index contributed by atoms with van der Waals surface area (Å²) in [4.78, 5) is 19.3. The molecular weight excluding hydrogens is 395 g/mol. The molecular formula is C24H29FN4O2. The lowest BCUT2D eigenvalue weighted by molar-refractivity contribution is 0.252. The molecule has 3 aromatic rings. The monoisotopic (exact) mass is 424 g/mol. The first kappa shape index (κ1) is 21.5. The van der Waals surface area contributed by atoms with Crippen LogP contribution in [0.3, 0.4) is 0 Å². The zero-order valence-electron chi connectivity index (χ0n) is 18.3. The van der Waals surface area contributed by atoms with Crippen molar-refractivity contribution < 1.29 is 9.13 Å². The molecule has 0 radical (unpaired) electrons. The standard InChI is InChI=1S/C24H29FN4O2/c1-16-10-17(6-7-27-16)13-26-14-18-15-29(19-4-5-19)22-12-23(31-9-8-28(2)3)21(25)11-20(22)24(18)30/h6-7,10-12,15,19,26H,4-5,8-9,13-14H2,1-3H3. The first-order valence-corrected chi connectivity index (χ1v) is 10.7. The van der Waals surface area contributed by atoms with Gasteiger partial charge in [-0.05, 0) is 57.6 Å². The number of ether oxygens (including phenoxy) is 1. The summed E-state index contributed by atoms with van der Waals surface area (Å²) in [6, 6.07) is 7.33. The first-order chi connectivity index (χ1) is 14.9. The van der Waals surface area contributed by atoms with Gasteiger partial charge < -0.3 is 19.5 Å². The van der Waals surface area contributed by atoms with Crippen molar-refractivity contribution in [2.75, 3.05) is 27.2 Å². The predicted octanol–water partition coefficient (Wildman–Crippen LogP) is 3.41. The molecule has 2 heterocycles. The Morgan fingerprint density at radius 2 is 2.06 bits per heavy atom. The minimum atomic E-state index is -0.497. The lowest BCUT2D eigenvalue weighted by atomic mass is 10.1. The number of aryl methyl sites for hydroxylation is 1. The molecule has 1 aliphatic carbocycles. The minimum Gasteiger partial charge on any atom is -0.489 e. The molecule has 1 N–H and O–H groups in total. The molecule has 6 nitrogen and oxygen atoms in total. The van der Waals surface area contributed by atoms with Crippen LogP contribution >= 0.6 is 0 Å². The van der Waals surface area contributed by atoms with Gasteiger partial charge in [0.1, 0.15) is 6.61 Å². The predicted molar refractivity (Wildman–Crippen MR) is 120 cm³/mol. The Kier molecular flexibility index (Phi) is 6.34. The number of hydrogen-bond donors (Lipinski definition) is 1. The summed E-state index contributed by atoms with van der Waals surface area (Å²) in [5, 5.41) is 3.74. The summed E-state index contributed by atoms with van der Waals surface area (Å²) < 4.78 is 22.5. The van der Waals surface area contributed by atoms with Crippen LogP contribution in [0.15, 0.2) is 41.5 Å². The lowest BCUT2D eigenvalue weighted by Gasteiger charge is -2.16. The third kappa shape index (κ3) is 5.11. The van der Waals surface area contributed by atoms with Crippen LogP contribution < -0.4 is 15.5 Å². The Hall–Kier alpha value is -2.77. The largest absolute Gasteiger partial charge is 0.489 e. The lowest BCUT2D eigenvalue weighted by Crippen LogP contribution is -2.22. The van der Waals surface area contributed by atoms with Gasteiger partial charge in [-0.1, -0.05) is 0 Å². The molecule has 0 aliphatic heterocycles. The molecule has 1 saturated carbocycles. The van der Waals surface area contributed by atoms with E-state index >= 15 is 0 Å². The van der Waals surface area contributed by atoms with Crippen LogP contribution in [-0.2, 0) is 13.1 Å². The van der Waals surface area contributed by atoms with E-state index in [1.165, 1.54) is 6.07 Å². The van der Waals surface area contributed by atoms with E-state index in [0.29, 0.717) is 43.2 Å². The van der Waals surface area contributed by atoms with Crippen molar-refractivity contribution in [3.8, 4) is 5.75 Å². The molecule has 0 spiro atoms. The molecule has 1 aromatic carbocycles. The van der Waals surface area contributed by atoms with E-state index in [1.54, 1.807) is 12.3 Å². The van der Waals surface area contributed by atoms with Crippen LogP contribution in [0.2, 0.25) is 0 Å². The maximum atomic E-state index is 14.7. The zero-order chi connectivity index (χ0) is 22.0. The summed E-state index contributed by atoms with van der Waals surface area (Å²) in [6.07, 6.45) is 5.84. The number of halogens is 1. The number of nitrogens with one attached hydrogen (secondary N) is 1. The number of benzene rings is 1. The number of likely N-dealkylation sites (N-methyl/N-ethyl adjacent to an activating group) is 1. The highest BCUT2D eigenvalue weighted by atomic mass is 19.1. The van der Waals surface area contributed by atoms with Gasteiger partial charge in [0.15, 0.2) is 17.0 Å². The van der Waals surface area contributed by atoms with Crippen molar-refractivity contribution in [3.63, 3.8) is 0 Å². The van der Waals surface area contributed by atoms with E-state index in [1.807, 2.05) is 44.2 Å². The number of pyridine rings is 2. The maximum Gasteiger partial charge on any atom is 0.193 e. The quantitative estimate of drug-likeness (QED) is 0.571. The van der Waals surface area contributed by atoms with E-state index in [9.17, 15) is 9.18 Å². The molecule has 0 saturated heterocycles. The van der Waals surface area contributed by atoms with Gasteiger partial charge in [0, 0.05) is 60.8 Å². The topological polar surface area (TPSA) is 59.4 Å². The van der Waals surface area contributed by atoms with Crippen molar-refractivity contribution >= 4 is 10.9 Å². The van der Waals surface area contributed by atoms with Gasteiger partial charge in [0.2, 0.25) is 0 Å². The molecule has 7 heteroatoms. The van der Waals surface area contributed by atoms with Crippen LogP contribution in [0.1, 0.15) is 35.7 Å². The van der Waals surface area contributed by atoms with Crippen molar-refractivity contribution in [2.45, 2.75) is 38.9 Å². The molecule has 1 aliphatic rings. The Morgan fingerprint density at radius 1 is 1.26 bits per heavy atom. The number of fused-ring (bicyclic) bond motifs is 1. The molecule has 4 rings (SSSR count). The van der Waals surface area contributed by atoms with Gasteiger partial charge >= 0.3 is 0 Å². The summed E-state index contributed by atoms with van der Waals surface area (Å²) in [7, 11) is 3.88. The molecule has 164 valence electrons. The Morgan fingerprint density at radius 3 is 2.77 bits per heavy atom. The van der Waals surface area contributed by atoms with Crippen molar-refractivity contribution in [2.24, 2.45) is 0 Å². The third-order valence-electron chi connectivity index (χ3n) is 5.50. The highest BCUT2D eigenvalue weighted by molar-refractivity contribution is 5.81. The molecule has 31 heavy (non-hydrogen) atoms. The minimum absolute atomic E-state index is 0.135. The zero-order valence-corrected chi connectivity index (χ0v) is 18.3. The van der Waals surface area contributed by atoms with Gasteiger partial charge in [-0.2, -0.15) is 0 Å². The van der Waals surface area contributed by atoms with E-state index < -0.39 is 5.82 Å². The molecule has 0 atom stereocenters. The molecule has 0 unspecified atom stereocenters. The maximum absolute atomic E-state index is 14.7. The number of rotatable bonds is 9. The van der Waals surface area contributed by atoms with E-state index in [2.05, 4.69) is 14.9 Å². The Bertz CT molecular complexity index is 1140. The molecule has 1 fully saturated rings. The van der Waals surface area contributed by atoms with Crippen molar-refractivity contribution in [1.82, 2.24) is 19.8 Å². The average molecular weight is 425 g/mol. The smallest absolute Gasteiger partial charge is 0.193 e. The van der Waals surface area contributed by atoms with Gasteiger partial charge in [-0.25, -0.2) is 4.39 Å². The highest BCUT2D eigenvalue weighted by Gasteiger charge is 2.26. The van der Waals surface area contributed by atoms with Crippen LogP contribution in [0.4, 0.5) is 4.39 Å². The van der Waals surface area contributed by atoms with Crippen LogP contribution in [-0.4, -0.2) is 41.7 Å². The van der Waals surface area contributed by atoms with Gasteiger partial charge in [0.05, 0.1) is 5.52 Å². The highest BCUT2D eigenvalue weighted by Crippen LogP contribution is 2.38. The van der Waals surface area contributed by atoms with E-state index in [0.717, 1.165) is 29.6 Å². The SMILES string of the molecule is Cc1cc(CNCc2cn(C3CC3)c3cc(OCCN(C)C)c(F)cc3c2=O)ccn1. The summed E-state index contributed by atoms with van der Waals surface area (Å²) in [5.41, 5.74) is 3.32. The second-order valence-electron chi connectivity index (χ2n) is 8.48. The second kappa shape index (κ2) is 9.16. The van der Waals surface area contributed by atoms with Crippen LogP contribution in [0.25, 0.3) is 10.9 Å². The average Bonchev–Trinajstić information content (AvgIpc) is 3.56. The fourth-order valence-corrected chi connectivity index (χ4v) is 3.69. The Labute approximate surface area is 181 Å². The Balaban J connectivity index is 1.60. The first-order valence-electron chi connectivity index (χ1n) is 10.7. The summed E-state index contributed by atoms with van der Waals surface area (Å²) >= 11 is 0. The number of hydrogen-bond acceptors (Lipinski definition) is 5. The molecule has 0 bridgehead atoms. The van der Waals surface area contributed by atoms with Crippen molar-refractivity contribution in [1.29, 1.82) is 0 Å². The molecule has 0 amide bonds. The normalized spacial score (nSPS) is 13.8. The summed E-state index contributed by atoms with van der Waals surface area (Å²) in [5.74, 6) is -0.301. The third-order valence-corrected chi connectivity index (χ3v) is 5.50. The van der Waals surface area contributed by atoms with Gasteiger partial charge in [-0.3, -0.25) is 9.78 Å². The van der Waals surface area contributed by atoms with Crippen molar-refractivity contribution in [3.05, 3.63) is 69.5 Å². The fraction of sp³-hybridized carbons (Fsp3) is 0.417. The van der Waals surface area contributed by atoms with E-state index in [-0.39, 0.29) is 11.2 Å². The molecule has 2 aromatic heterocycles. The number of nitrogens with zero attached hydrogens (tertiary/aromatic N) is 3. The number of aromatic nitrogens is 2. The van der Waals surface area contributed by atoms with Gasteiger partial charge in [-0.15, -0.1) is 0 Å². The summed E-state index contributed by atoms with van der Waals surface area (Å²) in [6.45, 7) is 4.09. The van der Waals surface area contributed by atoms with E-state index in [4.69, 9.17) is 4.74 Å². The fourth-order valence-electron chi connectivity index (χ4n) is 3.69. The van der Waals surface area contributed by atoms with Crippen LogP contribution in [0.5, 0.6) is 5.75 Å².